The fourth-order valence-electron chi connectivity index (χ4n) is 1.24. The summed E-state index contributed by atoms with van der Waals surface area (Å²) in [6, 6.07) is 5.60. The Morgan fingerprint density at radius 2 is 2.40 bits per heavy atom. The first kappa shape index (κ1) is 9.21. The number of nitrogens with one attached hydrogen (secondary N) is 1. The number of hydrogen-bond acceptors (Lipinski definition) is 4. The summed E-state index contributed by atoms with van der Waals surface area (Å²) >= 11 is 0. The van der Waals surface area contributed by atoms with E-state index in [0.717, 1.165) is 5.69 Å². The molecule has 0 saturated heterocycles. The Morgan fingerprint density at radius 3 is 3.07 bits per heavy atom. The van der Waals surface area contributed by atoms with Crippen molar-refractivity contribution in [1.82, 2.24) is 14.8 Å². The molecular weight excluding hydrogens is 190 g/mol. The van der Waals surface area contributed by atoms with E-state index in [0.29, 0.717) is 11.4 Å². The Labute approximate surface area is 87.0 Å². The number of anilines is 2. The van der Waals surface area contributed by atoms with Crippen molar-refractivity contribution in [2.75, 3.05) is 5.32 Å². The number of aromatic nitrogens is 3. The van der Waals surface area contributed by atoms with Crippen molar-refractivity contribution in [3.8, 4) is 6.07 Å². The Balaban J connectivity index is 2.28. The van der Waals surface area contributed by atoms with Crippen LogP contribution in [0.2, 0.25) is 0 Å². The number of nitriles is 1. The van der Waals surface area contributed by atoms with Crippen molar-refractivity contribution in [1.29, 1.82) is 5.26 Å². The highest BCUT2D eigenvalue weighted by atomic mass is 15.3. The van der Waals surface area contributed by atoms with Crippen LogP contribution in [0.5, 0.6) is 0 Å². The van der Waals surface area contributed by atoms with Crippen LogP contribution < -0.4 is 5.32 Å². The van der Waals surface area contributed by atoms with Crippen molar-refractivity contribution in [2.45, 2.75) is 0 Å². The molecule has 0 radical (unpaired) electrons. The summed E-state index contributed by atoms with van der Waals surface area (Å²) in [5.41, 5.74) is 1.90. The number of nitrogens with zero attached hydrogens (tertiary/aromatic N) is 4. The van der Waals surface area contributed by atoms with Crippen LogP contribution in [0.4, 0.5) is 11.4 Å². The van der Waals surface area contributed by atoms with Gasteiger partial charge in [0, 0.05) is 19.4 Å². The fraction of sp³-hybridized carbons (Fsp3) is 0.100. The van der Waals surface area contributed by atoms with Gasteiger partial charge in [-0.25, -0.2) is 4.98 Å². The molecule has 0 aliphatic rings. The van der Waals surface area contributed by atoms with Gasteiger partial charge in [0.2, 0.25) is 0 Å². The molecule has 2 aromatic rings. The third kappa shape index (κ3) is 1.94. The zero-order chi connectivity index (χ0) is 10.7. The molecule has 0 bridgehead atoms. The second-order valence-electron chi connectivity index (χ2n) is 3.04. The minimum Gasteiger partial charge on any atom is -0.351 e. The molecule has 2 aromatic heterocycles. The van der Waals surface area contributed by atoms with Gasteiger partial charge in [-0.05, 0) is 12.1 Å². The average molecular weight is 199 g/mol. The molecular formula is C10H9N5. The predicted octanol–water partition coefficient (Wildman–Crippen LogP) is 1.43. The topological polar surface area (TPSA) is 66.5 Å². The van der Waals surface area contributed by atoms with E-state index in [1.54, 1.807) is 29.2 Å². The number of aryl methyl sites for hydroxylation is 1. The molecule has 5 nitrogen and oxygen atoms in total. The van der Waals surface area contributed by atoms with E-state index in [1.165, 1.54) is 0 Å². The lowest BCUT2D eigenvalue weighted by Gasteiger charge is -2.03. The van der Waals surface area contributed by atoms with Crippen molar-refractivity contribution in [3.63, 3.8) is 0 Å². The monoisotopic (exact) mass is 199 g/mol. The summed E-state index contributed by atoms with van der Waals surface area (Å²) in [4.78, 5) is 3.95. The molecule has 5 heteroatoms. The molecule has 74 valence electrons. The van der Waals surface area contributed by atoms with Crippen LogP contribution in [-0.4, -0.2) is 14.8 Å². The zero-order valence-electron chi connectivity index (χ0n) is 8.18. The number of rotatable bonds is 2. The minimum atomic E-state index is 0.376. The first-order valence-electron chi connectivity index (χ1n) is 4.40. The van der Waals surface area contributed by atoms with Crippen LogP contribution in [0.1, 0.15) is 5.69 Å². The molecule has 0 unspecified atom stereocenters. The molecule has 15 heavy (non-hydrogen) atoms. The summed E-state index contributed by atoms with van der Waals surface area (Å²) in [6.07, 6.45) is 5.11. The van der Waals surface area contributed by atoms with E-state index in [9.17, 15) is 0 Å². The molecule has 0 atom stereocenters. The second-order valence-corrected chi connectivity index (χ2v) is 3.04. The molecule has 0 aliphatic heterocycles. The van der Waals surface area contributed by atoms with Crippen LogP contribution >= 0.6 is 0 Å². The Kier molecular flexibility index (Phi) is 2.33. The summed E-state index contributed by atoms with van der Waals surface area (Å²) in [5, 5.41) is 15.9. The minimum absolute atomic E-state index is 0.376. The van der Waals surface area contributed by atoms with Gasteiger partial charge in [-0.15, -0.1) is 0 Å². The second kappa shape index (κ2) is 3.80. The largest absolute Gasteiger partial charge is 0.351 e. The third-order valence-corrected chi connectivity index (χ3v) is 1.90. The summed E-state index contributed by atoms with van der Waals surface area (Å²) in [7, 11) is 1.83. The zero-order valence-corrected chi connectivity index (χ0v) is 8.18. The highest BCUT2D eigenvalue weighted by Gasteiger charge is 2.02. The van der Waals surface area contributed by atoms with Crippen molar-refractivity contribution in [3.05, 3.63) is 36.4 Å². The molecule has 0 amide bonds. The van der Waals surface area contributed by atoms with E-state index < -0.39 is 0 Å². The van der Waals surface area contributed by atoms with Gasteiger partial charge < -0.3 is 5.32 Å². The van der Waals surface area contributed by atoms with E-state index in [-0.39, 0.29) is 0 Å². The standard InChI is InChI=1S/C10H9N5/c1-15-7-8(6-13-15)14-9-3-2-4-12-10(9)5-11/h2-4,6-7,14H,1H3. The SMILES string of the molecule is Cn1cc(Nc2cccnc2C#N)cn1. The third-order valence-electron chi connectivity index (χ3n) is 1.90. The Morgan fingerprint density at radius 1 is 1.53 bits per heavy atom. The molecule has 0 spiro atoms. The molecule has 0 aromatic carbocycles. The van der Waals surface area contributed by atoms with Gasteiger partial charge in [0.25, 0.3) is 0 Å². The van der Waals surface area contributed by atoms with Crippen molar-refractivity contribution in [2.24, 2.45) is 7.05 Å². The van der Waals surface area contributed by atoms with Gasteiger partial charge in [0.15, 0.2) is 5.69 Å². The Hall–Kier alpha value is -2.35. The van der Waals surface area contributed by atoms with Gasteiger partial charge in [-0.3, -0.25) is 4.68 Å². The summed E-state index contributed by atoms with van der Waals surface area (Å²) in [5.74, 6) is 0. The molecule has 0 fully saturated rings. The van der Waals surface area contributed by atoms with Gasteiger partial charge in [0.1, 0.15) is 6.07 Å². The van der Waals surface area contributed by atoms with E-state index in [4.69, 9.17) is 5.26 Å². The van der Waals surface area contributed by atoms with Crippen LogP contribution in [-0.2, 0) is 7.05 Å². The van der Waals surface area contributed by atoms with Crippen LogP contribution in [0.3, 0.4) is 0 Å². The molecule has 2 rings (SSSR count). The number of hydrogen-bond donors (Lipinski definition) is 1. The van der Waals surface area contributed by atoms with E-state index in [1.807, 2.05) is 19.3 Å². The maximum Gasteiger partial charge on any atom is 0.163 e. The highest BCUT2D eigenvalue weighted by molar-refractivity contribution is 5.63. The number of pyridine rings is 1. The molecule has 0 saturated carbocycles. The maximum atomic E-state index is 8.83. The maximum absolute atomic E-state index is 8.83. The van der Waals surface area contributed by atoms with E-state index >= 15 is 0 Å². The van der Waals surface area contributed by atoms with Crippen LogP contribution in [0.15, 0.2) is 30.7 Å². The van der Waals surface area contributed by atoms with Crippen molar-refractivity contribution >= 4 is 11.4 Å². The normalized spacial score (nSPS) is 9.60. The van der Waals surface area contributed by atoms with Crippen LogP contribution in [0.25, 0.3) is 0 Å². The van der Waals surface area contributed by atoms with Gasteiger partial charge in [-0.2, -0.15) is 10.4 Å². The molecule has 1 N–H and O–H groups in total. The van der Waals surface area contributed by atoms with Crippen molar-refractivity contribution < 1.29 is 0 Å². The molecule has 2 heterocycles. The van der Waals surface area contributed by atoms with Gasteiger partial charge in [-0.1, -0.05) is 0 Å². The molecule has 0 aliphatic carbocycles. The van der Waals surface area contributed by atoms with E-state index in [2.05, 4.69) is 15.4 Å². The lowest BCUT2D eigenvalue weighted by Crippen LogP contribution is -1.94. The van der Waals surface area contributed by atoms with Crippen LogP contribution in [0, 0.1) is 11.3 Å². The smallest absolute Gasteiger partial charge is 0.163 e. The summed E-state index contributed by atoms with van der Waals surface area (Å²) in [6.45, 7) is 0. The Bertz CT molecular complexity index is 509. The highest BCUT2D eigenvalue weighted by Crippen LogP contribution is 2.17. The fourth-order valence-corrected chi connectivity index (χ4v) is 1.24. The quantitative estimate of drug-likeness (QED) is 0.794. The average Bonchev–Trinajstić information content (AvgIpc) is 2.65. The van der Waals surface area contributed by atoms with Gasteiger partial charge in [0.05, 0.1) is 17.6 Å². The predicted molar refractivity (Wildman–Crippen MR) is 55.4 cm³/mol. The summed E-state index contributed by atoms with van der Waals surface area (Å²) < 4.78 is 1.69. The first-order chi connectivity index (χ1) is 7.29. The first-order valence-corrected chi connectivity index (χ1v) is 4.40. The van der Waals surface area contributed by atoms with Gasteiger partial charge >= 0.3 is 0 Å². The lowest BCUT2D eigenvalue weighted by atomic mass is 10.3. The lowest BCUT2D eigenvalue weighted by molar-refractivity contribution is 0.768.